The van der Waals surface area contributed by atoms with Crippen LogP contribution in [0, 0.1) is 6.92 Å². The summed E-state index contributed by atoms with van der Waals surface area (Å²) in [7, 11) is 0. The van der Waals surface area contributed by atoms with Crippen molar-refractivity contribution in [2.45, 2.75) is 19.8 Å². The Balaban J connectivity index is 1.81. The van der Waals surface area contributed by atoms with Crippen molar-refractivity contribution >= 4 is 22.7 Å². The second-order valence-corrected chi connectivity index (χ2v) is 6.53. The SMILES string of the molecule is C=Cc1ccc(-c2ccc3c(N4CCCC4)cc(C)nc3c2)cc1. The van der Waals surface area contributed by atoms with Gasteiger partial charge in [0.15, 0.2) is 0 Å². The molecule has 1 saturated heterocycles. The molecule has 3 aromatic rings. The zero-order valence-corrected chi connectivity index (χ0v) is 14.1. The summed E-state index contributed by atoms with van der Waals surface area (Å²) < 4.78 is 0. The highest BCUT2D eigenvalue weighted by Crippen LogP contribution is 2.32. The van der Waals surface area contributed by atoms with Gasteiger partial charge < -0.3 is 4.90 Å². The van der Waals surface area contributed by atoms with Crippen LogP contribution in [0.3, 0.4) is 0 Å². The summed E-state index contributed by atoms with van der Waals surface area (Å²) in [5.74, 6) is 0. The third-order valence-corrected chi connectivity index (χ3v) is 4.84. The van der Waals surface area contributed by atoms with Gasteiger partial charge in [0.1, 0.15) is 0 Å². The lowest BCUT2D eigenvalue weighted by Crippen LogP contribution is -2.18. The van der Waals surface area contributed by atoms with Crippen LogP contribution < -0.4 is 4.90 Å². The lowest BCUT2D eigenvalue weighted by Gasteiger charge is -2.20. The van der Waals surface area contributed by atoms with Crippen molar-refractivity contribution in [2.75, 3.05) is 18.0 Å². The lowest BCUT2D eigenvalue weighted by atomic mass is 10.0. The molecule has 4 rings (SSSR count). The van der Waals surface area contributed by atoms with E-state index in [1.165, 1.54) is 35.0 Å². The number of pyridine rings is 1. The molecule has 1 aromatic heterocycles. The van der Waals surface area contributed by atoms with E-state index in [1.54, 1.807) is 0 Å². The maximum Gasteiger partial charge on any atom is 0.0732 e. The lowest BCUT2D eigenvalue weighted by molar-refractivity contribution is 0.949. The molecule has 2 nitrogen and oxygen atoms in total. The first-order chi connectivity index (χ1) is 11.7. The fourth-order valence-electron chi connectivity index (χ4n) is 3.55. The molecular formula is C22H22N2. The number of fused-ring (bicyclic) bond motifs is 1. The second kappa shape index (κ2) is 6.12. The van der Waals surface area contributed by atoms with Gasteiger partial charge in [0.25, 0.3) is 0 Å². The van der Waals surface area contributed by atoms with E-state index in [0.29, 0.717) is 0 Å². The second-order valence-electron chi connectivity index (χ2n) is 6.53. The molecule has 1 aliphatic rings. The maximum absolute atomic E-state index is 4.78. The minimum atomic E-state index is 1.09. The Labute approximate surface area is 143 Å². The van der Waals surface area contributed by atoms with Crippen molar-refractivity contribution in [2.24, 2.45) is 0 Å². The zero-order valence-electron chi connectivity index (χ0n) is 14.1. The Bertz CT molecular complexity index is 888. The van der Waals surface area contributed by atoms with Crippen LogP contribution in [0.25, 0.3) is 28.1 Å². The zero-order chi connectivity index (χ0) is 16.5. The molecule has 1 aliphatic heterocycles. The number of nitrogens with zero attached hydrogens (tertiary/aromatic N) is 2. The van der Waals surface area contributed by atoms with Gasteiger partial charge in [-0.25, -0.2) is 0 Å². The third kappa shape index (κ3) is 2.69. The van der Waals surface area contributed by atoms with Gasteiger partial charge in [-0.2, -0.15) is 0 Å². The number of aryl methyl sites for hydroxylation is 1. The predicted octanol–water partition coefficient (Wildman–Crippen LogP) is 5.45. The van der Waals surface area contributed by atoms with E-state index < -0.39 is 0 Å². The van der Waals surface area contributed by atoms with Crippen LogP contribution in [0.4, 0.5) is 5.69 Å². The van der Waals surface area contributed by atoms with Crippen molar-refractivity contribution in [1.82, 2.24) is 4.98 Å². The summed E-state index contributed by atoms with van der Waals surface area (Å²) in [6.07, 6.45) is 4.45. The molecule has 24 heavy (non-hydrogen) atoms. The molecule has 0 aliphatic carbocycles. The van der Waals surface area contributed by atoms with Crippen LogP contribution in [0.5, 0.6) is 0 Å². The van der Waals surface area contributed by atoms with E-state index in [9.17, 15) is 0 Å². The highest BCUT2D eigenvalue weighted by Gasteiger charge is 2.16. The molecule has 0 atom stereocenters. The van der Waals surface area contributed by atoms with Gasteiger partial charge in [-0.15, -0.1) is 0 Å². The molecule has 0 unspecified atom stereocenters. The van der Waals surface area contributed by atoms with E-state index in [2.05, 4.69) is 66.9 Å². The van der Waals surface area contributed by atoms with Crippen molar-refractivity contribution in [3.8, 4) is 11.1 Å². The van der Waals surface area contributed by atoms with Gasteiger partial charge in [0.2, 0.25) is 0 Å². The van der Waals surface area contributed by atoms with E-state index in [4.69, 9.17) is 4.98 Å². The predicted molar refractivity (Wildman–Crippen MR) is 103 cm³/mol. The standard InChI is InChI=1S/C22H22N2/c1-3-17-6-8-18(9-7-17)19-10-11-20-21(15-19)23-16(2)14-22(20)24-12-4-5-13-24/h3,6-11,14-15H,1,4-5,12-13H2,2H3. The minimum Gasteiger partial charge on any atom is -0.371 e. The minimum absolute atomic E-state index is 1.09. The fourth-order valence-corrected chi connectivity index (χ4v) is 3.55. The van der Waals surface area contributed by atoms with Crippen LogP contribution in [-0.2, 0) is 0 Å². The van der Waals surface area contributed by atoms with Crippen molar-refractivity contribution < 1.29 is 0 Å². The normalized spacial score (nSPS) is 14.3. The summed E-state index contributed by atoms with van der Waals surface area (Å²) in [5, 5.41) is 1.26. The number of aromatic nitrogens is 1. The molecule has 0 bridgehead atoms. The Morgan fingerprint density at radius 2 is 1.67 bits per heavy atom. The first kappa shape index (κ1) is 14.9. The summed E-state index contributed by atoms with van der Waals surface area (Å²) in [4.78, 5) is 7.28. The molecule has 1 fully saturated rings. The van der Waals surface area contributed by atoms with Crippen LogP contribution in [0.1, 0.15) is 24.1 Å². The molecule has 0 spiro atoms. The molecule has 0 saturated carbocycles. The highest BCUT2D eigenvalue weighted by molar-refractivity contribution is 5.94. The Morgan fingerprint density at radius 1 is 0.958 bits per heavy atom. The Hall–Kier alpha value is -2.61. The summed E-state index contributed by atoms with van der Waals surface area (Å²) in [6.45, 7) is 8.22. The number of anilines is 1. The van der Waals surface area contributed by atoms with Gasteiger partial charge in [0, 0.05) is 29.9 Å². The van der Waals surface area contributed by atoms with E-state index >= 15 is 0 Å². The maximum atomic E-state index is 4.78. The molecular weight excluding hydrogens is 292 g/mol. The molecule has 0 amide bonds. The number of rotatable bonds is 3. The third-order valence-electron chi connectivity index (χ3n) is 4.84. The molecule has 0 N–H and O–H groups in total. The van der Waals surface area contributed by atoms with Crippen LogP contribution in [-0.4, -0.2) is 18.1 Å². The Morgan fingerprint density at radius 3 is 2.38 bits per heavy atom. The fraction of sp³-hybridized carbons (Fsp3) is 0.227. The molecule has 2 heteroatoms. The average molecular weight is 314 g/mol. The van der Waals surface area contributed by atoms with E-state index in [-0.39, 0.29) is 0 Å². The van der Waals surface area contributed by atoms with Crippen LogP contribution in [0.2, 0.25) is 0 Å². The van der Waals surface area contributed by atoms with E-state index in [0.717, 1.165) is 29.9 Å². The molecule has 2 heterocycles. The molecule has 2 aromatic carbocycles. The monoisotopic (exact) mass is 314 g/mol. The van der Waals surface area contributed by atoms with Crippen LogP contribution in [0.15, 0.2) is 55.1 Å². The first-order valence-corrected chi connectivity index (χ1v) is 8.64. The van der Waals surface area contributed by atoms with E-state index in [1.807, 2.05) is 6.08 Å². The van der Waals surface area contributed by atoms with Gasteiger partial charge in [-0.05, 0) is 48.6 Å². The quantitative estimate of drug-likeness (QED) is 0.638. The van der Waals surface area contributed by atoms with Gasteiger partial charge in [-0.3, -0.25) is 4.98 Å². The largest absolute Gasteiger partial charge is 0.371 e. The topological polar surface area (TPSA) is 16.1 Å². The first-order valence-electron chi connectivity index (χ1n) is 8.64. The van der Waals surface area contributed by atoms with Gasteiger partial charge >= 0.3 is 0 Å². The average Bonchev–Trinajstić information content (AvgIpc) is 3.15. The van der Waals surface area contributed by atoms with Crippen molar-refractivity contribution in [3.63, 3.8) is 0 Å². The van der Waals surface area contributed by atoms with Crippen LogP contribution >= 0.6 is 0 Å². The summed E-state index contributed by atoms with van der Waals surface area (Å²) >= 11 is 0. The van der Waals surface area contributed by atoms with Crippen molar-refractivity contribution in [1.29, 1.82) is 0 Å². The molecule has 0 radical (unpaired) electrons. The highest BCUT2D eigenvalue weighted by atomic mass is 15.1. The van der Waals surface area contributed by atoms with Gasteiger partial charge in [0.05, 0.1) is 5.52 Å². The summed E-state index contributed by atoms with van der Waals surface area (Å²) in [6, 6.07) is 17.4. The van der Waals surface area contributed by atoms with Gasteiger partial charge in [-0.1, -0.05) is 49.1 Å². The summed E-state index contributed by atoms with van der Waals surface area (Å²) in [5.41, 5.74) is 7.08. The number of benzene rings is 2. The molecule has 120 valence electrons. The number of hydrogen-bond donors (Lipinski definition) is 0. The number of hydrogen-bond acceptors (Lipinski definition) is 2. The Kier molecular flexibility index (Phi) is 3.81. The van der Waals surface area contributed by atoms with Crippen molar-refractivity contribution in [3.05, 3.63) is 66.4 Å². The smallest absolute Gasteiger partial charge is 0.0732 e.